The van der Waals surface area contributed by atoms with Gasteiger partial charge in [-0.05, 0) is 0 Å². The monoisotopic (exact) mass is 224 g/mol. The smallest absolute Gasteiger partial charge is 0.250 e. The van der Waals surface area contributed by atoms with Crippen LogP contribution in [0.3, 0.4) is 0 Å². The molecular weight excluding hydrogens is 206 g/mol. The highest BCUT2D eigenvalue weighted by molar-refractivity contribution is 7.81. The molecule has 0 aliphatic carbocycles. The summed E-state index contributed by atoms with van der Waals surface area (Å²) in [6.07, 6.45) is -2.17. The lowest BCUT2D eigenvalue weighted by Gasteiger charge is -2.18. The quantitative estimate of drug-likeness (QED) is 0.704. The molecule has 0 saturated heterocycles. The Hall–Kier alpha value is -0.340. The second-order valence-electron chi connectivity index (χ2n) is 2.51. The van der Waals surface area contributed by atoms with Crippen LogP contribution in [0.25, 0.3) is 0 Å². The number of nitriles is 1. The summed E-state index contributed by atoms with van der Waals surface area (Å²) in [6.45, 7) is 5.39. The van der Waals surface area contributed by atoms with E-state index in [1.54, 1.807) is 6.92 Å². The molecule has 0 radical (unpaired) electrons. The molecule has 5 heteroatoms. The van der Waals surface area contributed by atoms with Crippen LogP contribution in [0.15, 0.2) is 0 Å². The second-order valence-corrected chi connectivity index (χ2v) is 3.32. The van der Waals surface area contributed by atoms with Crippen molar-refractivity contribution in [2.24, 2.45) is 0 Å². The zero-order chi connectivity index (χ0) is 11.6. The number of halogens is 2. The van der Waals surface area contributed by atoms with E-state index in [2.05, 4.69) is 17.9 Å². The van der Waals surface area contributed by atoms with Gasteiger partial charge in [0.05, 0.1) is 19.0 Å². The number of nitrogens with zero attached hydrogens (tertiary/aromatic N) is 1. The van der Waals surface area contributed by atoms with Gasteiger partial charge in [0.2, 0.25) is 0 Å². The second kappa shape index (κ2) is 10.7. The van der Waals surface area contributed by atoms with Gasteiger partial charge in [0.15, 0.2) is 0 Å². The molecule has 0 heterocycles. The predicted octanol–water partition coefficient (Wildman–Crippen LogP) is 2.47. The lowest BCUT2D eigenvalue weighted by molar-refractivity contribution is 0.141. The molecule has 2 nitrogen and oxygen atoms in total. The fourth-order valence-corrected chi connectivity index (χ4v) is 0.963. The fourth-order valence-electron chi connectivity index (χ4n) is 0.752. The molecule has 0 aromatic heterocycles. The average Bonchev–Trinajstić information content (AvgIpc) is 2.14. The first-order valence-corrected chi connectivity index (χ1v) is 5.16. The summed E-state index contributed by atoms with van der Waals surface area (Å²) >= 11 is 4.07. The third kappa shape index (κ3) is 9.75. The highest BCUT2D eigenvalue weighted by atomic mass is 32.1. The first-order chi connectivity index (χ1) is 6.57. The van der Waals surface area contributed by atoms with Gasteiger partial charge in [0, 0.05) is 11.3 Å². The van der Waals surface area contributed by atoms with Crippen LogP contribution in [0.2, 0.25) is 0 Å². The third-order valence-electron chi connectivity index (χ3n) is 1.43. The molecule has 84 valence electrons. The molecule has 0 aliphatic heterocycles. The molecule has 0 spiro atoms. The molecule has 0 rings (SSSR count). The van der Waals surface area contributed by atoms with E-state index in [1.807, 2.05) is 19.9 Å². The summed E-state index contributed by atoms with van der Waals surface area (Å²) in [5, 5.41) is 10.8. The van der Waals surface area contributed by atoms with E-state index >= 15 is 0 Å². The number of rotatable bonds is 5. The number of hydrogen-bond acceptors (Lipinski definition) is 3. The summed E-state index contributed by atoms with van der Waals surface area (Å²) in [5.41, 5.74) is 0. The van der Waals surface area contributed by atoms with Crippen LogP contribution in [-0.4, -0.2) is 24.3 Å². The van der Waals surface area contributed by atoms with Crippen molar-refractivity contribution in [3.63, 3.8) is 0 Å². The van der Waals surface area contributed by atoms with E-state index in [4.69, 9.17) is 5.26 Å². The van der Waals surface area contributed by atoms with Gasteiger partial charge in [0.25, 0.3) is 6.43 Å². The van der Waals surface area contributed by atoms with Gasteiger partial charge in [-0.1, -0.05) is 20.8 Å². The van der Waals surface area contributed by atoms with Gasteiger partial charge in [-0.3, -0.25) is 0 Å². The molecular formula is C9H18F2N2S. The molecule has 14 heavy (non-hydrogen) atoms. The Labute approximate surface area is 90.1 Å². The topological polar surface area (TPSA) is 35.8 Å². The first kappa shape index (κ1) is 16.1. The molecule has 2 unspecified atom stereocenters. The molecule has 2 atom stereocenters. The largest absolute Gasteiger partial charge is 0.307 e. The maximum Gasteiger partial charge on any atom is 0.250 e. The van der Waals surface area contributed by atoms with Gasteiger partial charge in [-0.25, -0.2) is 8.78 Å². The van der Waals surface area contributed by atoms with Crippen molar-refractivity contribution in [2.75, 3.05) is 6.54 Å². The van der Waals surface area contributed by atoms with Gasteiger partial charge < -0.3 is 5.32 Å². The Balaban J connectivity index is 0. The standard InChI is InChI=1S/C7H12F2N2S.C2H6/c1-5(12)6(2-3-10)11-4-7(8)9;1-2/h5-7,11-12H,2,4H2,1H3;1-2H3. The molecule has 0 bridgehead atoms. The van der Waals surface area contributed by atoms with Crippen molar-refractivity contribution in [2.45, 2.75) is 44.9 Å². The van der Waals surface area contributed by atoms with Gasteiger partial charge in [-0.15, -0.1) is 0 Å². The van der Waals surface area contributed by atoms with E-state index in [0.717, 1.165) is 0 Å². The van der Waals surface area contributed by atoms with Crippen LogP contribution < -0.4 is 5.32 Å². The Morgan fingerprint density at radius 1 is 1.43 bits per heavy atom. The van der Waals surface area contributed by atoms with Gasteiger partial charge in [0.1, 0.15) is 0 Å². The minimum atomic E-state index is -2.38. The average molecular weight is 224 g/mol. The predicted molar refractivity (Wildman–Crippen MR) is 57.8 cm³/mol. The number of thiol groups is 1. The highest BCUT2D eigenvalue weighted by Gasteiger charge is 2.14. The van der Waals surface area contributed by atoms with Crippen molar-refractivity contribution < 1.29 is 8.78 Å². The summed E-state index contributed by atoms with van der Waals surface area (Å²) in [7, 11) is 0. The van der Waals surface area contributed by atoms with Crippen molar-refractivity contribution in [1.82, 2.24) is 5.32 Å². The molecule has 0 saturated carbocycles. The number of alkyl halides is 2. The molecule has 0 amide bonds. The maximum absolute atomic E-state index is 11.7. The fraction of sp³-hybridized carbons (Fsp3) is 0.889. The van der Waals surface area contributed by atoms with E-state index in [0.29, 0.717) is 0 Å². The van der Waals surface area contributed by atoms with E-state index in [-0.39, 0.29) is 24.3 Å². The zero-order valence-electron chi connectivity index (χ0n) is 8.80. The first-order valence-electron chi connectivity index (χ1n) is 4.64. The minimum absolute atomic E-state index is 0.0941. The molecule has 0 fully saturated rings. The van der Waals surface area contributed by atoms with E-state index < -0.39 is 6.43 Å². The van der Waals surface area contributed by atoms with Crippen molar-refractivity contribution in [3.05, 3.63) is 0 Å². The Kier molecular flexibility index (Phi) is 12.4. The SMILES string of the molecule is CC.CC(S)C(CC#N)NCC(F)F. The van der Waals surface area contributed by atoms with Crippen LogP contribution >= 0.6 is 12.6 Å². The Bertz CT molecular complexity index is 157. The normalized spacial score (nSPS) is 13.9. The Morgan fingerprint density at radius 3 is 2.21 bits per heavy atom. The lowest BCUT2D eigenvalue weighted by Crippen LogP contribution is -2.38. The van der Waals surface area contributed by atoms with Crippen LogP contribution in [0.5, 0.6) is 0 Å². The van der Waals surface area contributed by atoms with E-state index in [1.165, 1.54) is 0 Å². The molecule has 1 N–H and O–H groups in total. The van der Waals surface area contributed by atoms with Crippen molar-refractivity contribution >= 4 is 12.6 Å². The molecule has 0 aromatic carbocycles. The van der Waals surface area contributed by atoms with Gasteiger partial charge >= 0.3 is 0 Å². The van der Waals surface area contributed by atoms with Gasteiger partial charge in [-0.2, -0.15) is 17.9 Å². The van der Waals surface area contributed by atoms with E-state index in [9.17, 15) is 8.78 Å². The molecule has 0 aliphatic rings. The summed E-state index contributed by atoms with van der Waals surface area (Å²) in [6, 6.07) is 1.66. The van der Waals surface area contributed by atoms with Crippen molar-refractivity contribution in [1.29, 1.82) is 5.26 Å². The van der Waals surface area contributed by atoms with Crippen LogP contribution in [-0.2, 0) is 0 Å². The summed E-state index contributed by atoms with van der Waals surface area (Å²) < 4.78 is 23.5. The van der Waals surface area contributed by atoms with Crippen LogP contribution in [0.1, 0.15) is 27.2 Å². The highest BCUT2D eigenvalue weighted by Crippen LogP contribution is 2.05. The van der Waals surface area contributed by atoms with Crippen LogP contribution in [0, 0.1) is 11.3 Å². The molecule has 0 aromatic rings. The Morgan fingerprint density at radius 2 is 1.93 bits per heavy atom. The third-order valence-corrected chi connectivity index (χ3v) is 1.79. The maximum atomic E-state index is 11.7. The summed E-state index contributed by atoms with van der Waals surface area (Å²) in [5.74, 6) is 0. The summed E-state index contributed by atoms with van der Waals surface area (Å²) in [4.78, 5) is 0. The zero-order valence-corrected chi connectivity index (χ0v) is 9.69. The van der Waals surface area contributed by atoms with Crippen LogP contribution in [0.4, 0.5) is 8.78 Å². The minimum Gasteiger partial charge on any atom is -0.307 e. The number of hydrogen-bond donors (Lipinski definition) is 2. The van der Waals surface area contributed by atoms with Crippen molar-refractivity contribution in [3.8, 4) is 6.07 Å². The number of nitrogens with one attached hydrogen (secondary N) is 1. The lowest BCUT2D eigenvalue weighted by atomic mass is 10.1.